The Balaban J connectivity index is 2.24. The highest BCUT2D eigenvalue weighted by Gasteiger charge is 2.02. The van der Waals surface area contributed by atoms with Crippen molar-refractivity contribution < 1.29 is 4.74 Å². The molecule has 4 nitrogen and oxygen atoms in total. The molecule has 0 saturated heterocycles. The minimum absolute atomic E-state index is 0.670. The van der Waals surface area contributed by atoms with Gasteiger partial charge in [-0.05, 0) is 24.3 Å². The van der Waals surface area contributed by atoms with Crippen LogP contribution < -0.4 is 4.74 Å². The molecule has 0 aliphatic heterocycles. The number of nitrogens with zero attached hydrogens (tertiary/aromatic N) is 3. The summed E-state index contributed by atoms with van der Waals surface area (Å²) in [5.74, 6) is 0.835. The summed E-state index contributed by atoms with van der Waals surface area (Å²) in [7, 11) is 1.65. The van der Waals surface area contributed by atoms with Crippen LogP contribution in [0.1, 0.15) is 0 Å². The van der Waals surface area contributed by atoms with E-state index in [0.29, 0.717) is 6.54 Å². The summed E-state index contributed by atoms with van der Waals surface area (Å²) >= 11 is 0. The molecule has 0 atom stereocenters. The van der Waals surface area contributed by atoms with E-state index in [2.05, 4.69) is 16.9 Å². The normalized spacial score (nSPS) is 10.1. The Morgan fingerprint density at radius 3 is 2.75 bits per heavy atom. The van der Waals surface area contributed by atoms with Gasteiger partial charge in [-0.1, -0.05) is 11.3 Å². The number of allylic oxidation sites excluding steroid dienone is 1. The van der Waals surface area contributed by atoms with Gasteiger partial charge in [0.25, 0.3) is 0 Å². The monoisotopic (exact) mass is 215 g/mol. The quantitative estimate of drug-likeness (QED) is 0.733. The zero-order valence-electron chi connectivity index (χ0n) is 9.13. The topological polar surface area (TPSA) is 39.9 Å². The Morgan fingerprint density at radius 2 is 2.12 bits per heavy atom. The summed E-state index contributed by atoms with van der Waals surface area (Å²) < 4.78 is 6.84. The van der Waals surface area contributed by atoms with Crippen molar-refractivity contribution in [2.45, 2.75) is 6.54 Å². The first-order valence-electron chi connectivity index (χ1n) is 4.99. The third kappa shape index (κ3) is 2.11. The van der Waals surface area contributed by atoms with Crippen molar-refractivity contribution in [1.29, 1.82) is 0 Å². The van der Waals surface area contributed by atoms with Crippen LogP contribution in [0.5, 0.6) is 5.75 Å². The van der Waals surface area contributed by atoms with Gasteiger partial charge in [-0.25, -0.2) is 4.68 Å². The predicted octanol–water partition coefficient (Wildman–Crippen LogP) is 2.14. The van der Waals surface area contributed by atoms with E-state index in [4.69, 9.17) is 4.74 Å². The molecular weight excluding hydrogens is 202 g/mol. The van der Waals surface area contributed by atoms with Gasteiger partial charge >= 0.3 is 0 Å². The molecule has 0 aliphatic carbocycles. The maximum atomic E-state index is 5.09. The minimum atomic E-state index is 0.670. The molecule has 0 spiro atoms. The number of hydrogen-bond acceptors (Lipinski definition) is 3. The lowest BCUT2D eigenvalue weighted by Gasteiger charge is -1.99. The lowest BCUT2D eigenvalue weighted by molar-refractivity contribution is 0.415. The molecule has 2 rings (SSSR count). The molecule has 1 heterocycles. The van der Waals surface area contributed by atoms with Crippen LogP contribution in [0.25, 0.3) is 11.3 Å². The Morgan fingerprint density at radius 1 is 1.38 bits per heavy atom. The second-order valence-electron chi connectivity index (χ2n) is 3.34. The number of hydrogen-bond donors (Lipinski definition) is 0. The van der Waals surface area contributed by atoms with Gasteiger partial charge in [0.05, 0.1) is 19.9 Å². The first kappa shape index (κ1) is 10.4. The van der Waals surface area contributed by atoms with Gasteiger partial charge in [0.15, 0.2) is 0 Å². The molecule has 16 heavy (non-hydrogen) atoms. The van der Waals surface area contributed by atoms with Crippen molar-refractivity contribution in [2.24, 2.45) is 0 Å². The molecule has 4 heteroatoms. The summed E-state index contributed by atoms with van der Waals surface area (Å²) in [5, 5.41) is 8.07. The number of benzene rings is 1. The van der Waals surface area contributed by atoms with E-state index in [1.165, 1.54) is 0 Å². The molecule has 1 aromatic heterocycles. The van der Waals surface area contributed by atoms with E-state index in [0.717, 1.165) is 17.0 Å². The molecule has 1 aromatic carbocycles. The highest BCUT2D eigenvalue weighted by atomic mass is 16.5. The molecule has 0 amide bonds. The van der Waals surface area contributed by atoms with E-state index in [1.54, 1.807) is 17.9 Å². The van der Waals surface area contributed by atoms with Crippen molar-refractivity contribution in [3.8, 4) is 17.0 Å². The summed E-state index contributed by atoms with van der Waals surface area (Å²) in [6, 6.07) is 7.73. The third-order valence-corrected chi connectivity index (χ3v) is 2.24. The number of rotatable bonds is 4. The molecule has 0 saturated carbocycles. The molecule has 0 fully saturated rings. The van der Waals surface area contributed by atoms with Crippen LogP contribution in [0.2, 0.25) is 0 Å². The molecule has 82 valence electrons. The summed E-state index contributed by atoms with van der Waals surface area (Å²) in [5.41, 5.74) is 1.88. The zero-order chi connectivity index (χ0) is 11.4. The molecule has 0 bridgehead atoms. The van der Waals surface area contributed by atoms with Gasteiger partial charge in [-0.3, -0.25) is 0 Å². The van der Waals surface area contributed by atoms with Crippen molar-refractivity contribution in [1.82, 2.24) is 15.0 Å². The van der Waals surface area contributed by atoms with Gasteiger partial charge in [-0.15, -0.1) is 11.7 Å². The molecule has 0 N–H and O–H groups in total. The standard InChI is InChI=1S/C12H13N3O/c1-3-8-15-9-12(13-14-15)10-4-6-11(16-2)7-5-10/h3-7,9H,1,8H2,2H3. The van der Waals surface area contributed by atoms with Crippen LogP contribution in [0, 0.1) is 0 Å². The Labute approximate surface area is 94.2 Å². The second-order valence-corrected chi connectivity index (χ2v) is 3.34. The Kier molecular flexibility index (Phi) is 3.00. The fraction of sp³-hybridized carbons (Fsp3) is 0.167. The van der Waals surface area contributed by atoms with Crippen molar-refractivity contribution in [3.63, 3.8) is 0 Å². The summed E-state index contributed by atoms with van der Waals surface area (Å²) in [4.78, 5) is 0. The second kappa shape index (κ2) is 4.61. The van der Waals surface area contributed by atoms with Crippen molar-refractivity contribution >= 4 is 0 Å². The molecule has 0 aliphatic rings. The van der Waals surface area contributed by atoms with Gasteiger partial charge in [0.2, 0.25) is 0 Å². The lowest BCUT2D eigenvalue weighted by Crippen LogP contribution is -1.94. The largest absolute Gasteiger partial charge is 0.497 e. The van der Waals surface area contributed by atoms with E-state index in [9.17, 15) is 0 Å². The Hall–Kier alpha value is -2.10. The minimum Gasteiger partial charge on any atom is -0.497 e. The van der Waals surface area contributed by atoms with E-state index in [1.807, 2.05) is 30.5 Å². The van der Waals surface area contributed by atoms with Crippen LogP contribution in [-0.4, -0.2) is 22.1 Å². The van der Waals surface area contributed by atoms with Crippen LogP contribution in [0.3, 0.4) is 0 Å². The molecular formula is C12H13N3O. The predicted molar refractivity (Wildman–Crippen MR) is 62.2 cm³/mol. The van der Waals surface area contributed by atoms with E-state index in [-0.39, 0.29) is 0 Å². The summed E-state index contributed by atoms with van der Waals surface area (Å²) in [6.07, 6.45) is 3.68. The maximum Gasteiger partial charge on any atom is 0.118 e. The highest BCUT2D eigenvalue weighted by molar-refractivity contribution is 5.58. The first-order chi connectivity index (χ1) is 7.83. The molecule has 2 aromatic rings. The number of methoxy groups -OCH3 is 1. The Bertz CT molecular complexity index is 473. The fourth-order valence-corrected chi connectivity index (χ4v) is 1.41. The number of aromatic nitrogens is 3. The third-order valence-electron chi connectivity index (χ3n) is 2.24. The molecule has 0 unspecified atom stereocenters. The van der Waals surface area contributed by atoms with Gasteiger partial charge in [0, 0.05) is 5.56 Å². The smallest absolute Gasteiger partial charge is 0.118 e. The van der Waals surface area contributed by atoms with Gasteiger partial charge in [-0.2, -0.15) is 0 Å². The van der Waals surface area contributed by atoms with Crippen LogP contribution >= 0.6 is 0 Å². The first-order valence-corrected chi connectivity index (χ1v) is 4.99. The molecule has 0 radical (unpaired) electrons. The average Bonchev–Trinajstić information content (AvgIpc) is 2.78. The van der Waals surface area contributed by atoms with Crippen molar-refractivity contribution in [2.75, 3.05) is 7.11 Å². The average molecular weight is 215 g/mol. The highest BCUT2D eigenvalue weighted by Crippen LogP contribution is 2.19. The van der Waals surface area contributed by atoms with Crippen LogP contribution in [0.4, 0.5) is 0 Å². The van der Waals surface area contributed by atoms with E-state index < -0.39 is 0 Å². The zero-order valence-corrected chi connectivity index (χ0v) is 9.13. The van der Waals surface area contributed by atoms with Crippen LogP contribution in [0.15, 0.2) is 43.1 Å². The fourth-order valence-electron chi connectivity index (χ4n) is 1.41. The lowest BCUT2D eigenvalue weighted by atomic mass is 10.2. The maximum absolute atomic E-state index is 5.09. The van der Waals surface area contributed by atoms with Gasteiger partial charge in [0.1, 0.15) is 11.4 Å². The van der Waals surface area contributed by atoms with Crippen LogP contribution in [-0.2, 0) is 6.54 Å². The SMILES string of the molecule is C=CCn1cc(-c2ccc(OC)cc2)nn1. The van der Waals surface area contributed by atoms with E-state index >= 15 is 0 Å². The van der Waals surface area contributed by atoms with Gasteiger partial charge < -0.3 is 4.74 Å². The summed E-state index contributed by atoms with van der Waals surface area (Å²) in [6.45, 7) is 4.33. The van der Waals surface area contributed by atoms with Crippen molar-refractivity contribution in [3.05, 3.63) is 43.1 Å². The number of ether oxygens (including phenoxy) is 1.